The van der Waals surface area contributed by atoms with Crippen molar-refractivity contribution in [2.24, 2.45) is 5.73 Å². The van der Waals surface area contributed by atoms with Crippen molar-refractivity contribution < 1.29 is 18.8 Å². The molecule has 9 nitrogen and oxygen atoms in total. The minimum absolute atomic E-state index is 0.00299. The van der Waals surface area contributed by atoms with Gasteiger partial charge in [0, 0.05) is 24.0 Å². The second-order valence-electron chi connectivity index (χ2n) is 8.96. The lowest BCUT2D eigenvalue weighted by molar-refractivity contribution is 0.0909. The predicted molar refractivity (Wildman–Crippen MR) is 139 cm³/mol. The summed E-state index contributed by atoms with van der Waals surface area (Å²) in [5.74, 6) is -2.31. The number of hydrogen-bond acceptors (Lipinski definition) is 5. The number of halogens is 2. The molecule has 11 heteroatoms. The number of carbonyl (C=O) groups excluding carboxylic acids is 3. The minimum atomic E-state index is -0.812. The van der Waals surface area contributed by atoms with Gasteiger partial charge in [-0.05, 0) is 75.3 Å². The molecule has 0 radical (unpaired) electrons. The highest BCUT2D eigenvalue weighted by molar-refractivity contribution is 6.34. The first-order valence-corrected chi connectivity index (χ1v) is 12.4. The molecule has 1 atom stereocenters. The van der Waals surface area contributed by atoms with Gasteiger partial charge in [-0.2, -0.15) is 0 Å². The smallest absolute Gasteiger partial charge is 0.270 e. The third-order valence-electron chi connectivity index (χ3n) is 6.37. The van der Waals surface area contributed by atoms with Gasteiger partial charge in [0.15, 0.2) is 5.69 Å². The van der Waals surface area contributed by atoms with Crippen LogP contribution in [-0.4, -0.2) is 57.8 Å². The first-order chi connectivity index (χ1) is 17.7. The van der Waals surface area contributed by atoms with Crippen LogP contribution in [0.1, 0.15) is 57.5 Å². The number of nitrogens with one attached hydrogen (secondary N) is 2. The standard InChI is InChI=1S/C26H28ClFN6O3/c1-16(33-11-3-2-4-12-33)14-30-26(37)23-22(24(29)35)31-15-34(23)19-8-6-18(7-9-19)32-25(36)20-10-5-17(28)13-21(20)27/h5-10,13,15-16H,2-4,11-12,14H2,1H3,(H2,29,35)(H,30,37)(H,32,36). The third-order valence-corrected chi connectivity index (χ3v) is 6.68. The topological polar surface area (TPSA) is 122 Å². The van der Waals surface area contributed by atoms with Crippen molar-refractivity contribution >= 4 is 35.0 Å². The van der Waals surface area contributed by atoms with E-state index in [0.29, 0.717) is 17.9 Å². The van der Waals surface area contributed by atoms with Gasteiger partial charge in [0.2, 0.25) is 0 Å². The van der Waals surface area contributed by atoms with E-state index in [0.717, 1.165) is 38.1 Å². The van der Waals surface area contributed by atoms with Gasteiger partial charge in [0.25, 0.3) is 17.7 Å². The van der Waals surface area contributed by atoms with Crippen LogP contribution >= 0.6 is 11.6 Å². The molecule has 2 aromatic carbocycles. The summed E-state index contributed by atoms with van der Waals surface area (Å²) in [6, 6.07) is 10.2. The fourth-order valence-corrected chi connectivity index (χ4v) is 4.58. The number of amides is 3. The van der Waals surface area contributed by atoms with Gasteiger partial charge in [-0.3, -0.25) is 23.9 Å². The van der Waals surface area contributed by atoms with E-state index in [1.54, 1.807) is 24.3 Å². The van der Waals surface area contributed by atoms with Gasteiger partial charge >= 0.3 is 0 Å². The third kappa shape index (κ3) is 6.15. The second kappa shape index (κ2) is 11.5. The number of primary amides is 1. The summed E-state index contributed by atoms with van der Waals surface area (Å²) in [6.07, 6.45) is 4.86. The zero-order chi connectivity index (χ0) is 26.5. The van der Waals surface area contributed by atoms with Crippen molar-refractivity contribution in [3.8, 4) is 5.69 Å². The molecule has 1 fully saturated rings. The molecule has 1 aliphatic heterocycles. The molecule has 4 N–H and O–H groups in total. The molecule has 1 unspecified atom stereocenters. The molecular formula is C26H28ClFN6O3. The number of piperidine rings is 1. The number of rotatable bonds is 8. The Hall–Kier alpha value is -3.76. The van der Waals surface area contributed by atoms with E-state index in [1.165, 1.54) is 23.4 Å². The number of carbonyl (C=O) groups is 3. The van der Waals surface area contributed by atoms with Crippen molar-refractivity contribution in [2.75, 3.05) is 25.0 Å². The summed E-state index contributed by atoms with van der Waals surface area (Å²) < 4.78 is 14.8. The maximum Gasteiger partial charge on any atom is 0.270 e. The van der Waals surface area contributed by atoms with E-state index in [9.17, 15) is 18.8 Å². The number of benzene rings is 2. The normalized spacial score (nSPS) is 14.7. The zero-order valence-corrected chi connectivity index (χ0v) is 21.1. The lowest BCUT2D eigenvalue weighted by Gasteiger charge is -2.32. The van der Waals surface area contributed by atoms with Crippen LogP contribution in [0.3, 0.4) is 0 Å². The first-order valence-electron chi connectivity index (χ1n) is 12.0. The quantitative estimate of drug-likeness (QED) is 0.414. The van der Waals surface area contributed by atoms with Gasteiger partial charge in [-0.15, -0.1) is 0 Å². The van der Waals surface area contributed by atoms with Crippen LogP contribution in [0.15, 0.2) is 48.8 Å². The largest absolute Gasteiger partial charge is 0.364 e. The molecule has 0 spiro atoms. The Bertz CT molecular complexity index is 1300. The highest BCUT2D eigenvalue weighted by atomic mass is 35.5. The molecule has 0 saturated carbocycles. The molecule has 2 heterocycles. The fourth-order valence-electron chi connectivity index (χ4n) is 4.33. The molecule has 3 amide bonds. The molecule has 0 aliphatic carbocycles. The summed E-state index contributed by atoms with van der Waals surface area (Å²) in [4.78, 5) is 44.1. The lowest BCUT2D eigenvalue weighted by atomic mass is 10.1. The van der Waals surface area contributed by atoms with Crippen LogP contribution < -0.4 is 16.4 Å². The van der Waals surface area contributed by atoms with Crippen molar-refractivity contribution in [1.82, 2.24) is 19.8 Å². The van der Waals surface area contributed by atoms with Crippen molar-refractivity contribution in [3.63, 3.8) is 0 Å². The van der Waals surface area contributed by atoms with Crippen LogP contribution in [0.25, 0.3) is 5.69 Å². The Morgan fingerprint density at radius 1 is 1.08 bits per heavy atom. The van der Waals surface area contributed by atoms with E-state index in [4.69, 9.17) is 17.3 Å². The average Bonchev–Trinajstić information content (AvgIpc) is 3.34. The Morgan fingerprint density at radius 3 is 2.43 bits per heavy atom. The minimum Gasteiger partial charge on any atom is -0.364 e. The molecule has 37 heavy (non-hydrogen) atoms. The van der Waals surface area contributed by atoms with Gasteiger partial charge in [-0.1, -0.05) is 18.0 Å². The van der Waals surface area contributed by atoms with E-state index >= 15 is 0 Å². The molecule has 1 aliphatic rings. The Morgan fingerprint density at radius 2 is 1.78 bits per heavy atom. The van der Waals surface area contributed by atoms with Crippen LogP contribution in [-0.2, 0) is 0 Å². The number of nitrogens with zero attached hydrogens (tertiary/aromatic N) is 3. The molecule has 4 rings (SSSR count). The number of anilines is 1. The maximum atomic E-state index is 13.3. The van der Waals surface area contributed by atoms with Crippen molar-refractivity contribution in [2.45, 2.75) is 32.2 Å². The summed E-state index contributed by atoms with van der Waals surface area (Å²) in [5.41, 5.74) is 6.50. The van der Waals surface area contributed by atoms with E-state index < -0.39 is 23.5 Å². The Balaban J connectivity index is 1.49. The number of imidazole rings is 1. The summed E-state index contributed by atoms with van der Waals surface area (Å²) >= 11 is 5.97. The summed E-state index contributed by atoms with van der Waals surface area (Å²) in [7, 11) is 0. The number of aromatic nitrogens is 2. The highest BCUT2D eigenvalue weighted by Crippen LogP contribution is 2.21. The van der Waals surface area contributed by atoms with E-state index in [-0.39, 0.29) is 28.0 Å². The predicted octanol–water partition coefficient (Wildman–Crippen LogP) is 3.62. The molecule has 0 bridgehead atoms. The van der Waals surface area contributed by atoms with Gasteiger partial charge < -0.3 is 16.4 Å². The Kier molecular flexibility index (Phi) is 8.20. The Labute approximate surface area is 218 Å². The summed E-state index contributed by atoms with van der Waals surface area (Å²) in [6.45, 7) is 4.47. The molecular weight excluding hydrogens is 499 g/mol. The SMILES string of the molecule is CC(CNC(=O)c1c(C(N)=O)ncn1-c1ccc(NC(=O)c2ccc(F)cc2Cl)cc1)N1CCCCC1. The molecule has 3 aromatic rings. The first kappa shape index (κ1) is 26.3. The van der Waals surface area contributed by atoms with Gasteiger partial charge in [-0.25, -0.2) is 9.37 Å². The van der Waals surface area contributed by atoms with Crippen LogP contribution in [0.5, 0.6) is 0 Å². The van der Waals surface area contributed by atoms with Gasteiger partial charge in [0.05, 0.1) is 10.6 Å². The van der Waals surface area contributed by atoms with Crippen LogP contribution in [0, 0.1) is 5.82 Å². The summed E-state index contributed by atoms with van der Waals surface area (Å²) in [5, 5.41) is 5.60. The molecule has 1 aromatic heterocycles. The molecule has 194 valence electrons. The van der Waals surface area contributed by atoms with E-state index in [1.807, 2.05) is 0 Å². The average molecular weight is 527 g/mol. The number of nitrogens with two attached hydrogens (primary N) is 1. The monoisotopic (exact) mass is 526 g/mol. The number of hydrogen-bond donors (Lipinski definition) is 3. The second-order valence-corrected chi connectivity index (χ2v) is 9.36. The van der Waals surface area contributed by atoms with Gasteiger partial charge in [0.1, 0.15) is 17.8 Å². The highest BCUT2D eigenvalue weighted by Gasteiger charge is 2.25. The zero-order valence-electron chi connectivity index (χ0n) is 20.3. The van der Waals surface area contributed by atoms with E-state index in [2.05, 4.69) is 27.4 Å². The van der Waals surface area contributed by atoms with Crippen LogP contribution in [0.2, 0.25) is 5.02 Å². The van der Waals surface area contributed by atoms with Crippen molar-refractivity contribution in [3.05, 3.63) is 76.6 Å². The fraction of sp³-hybridized carbons (Fsp3) is 0.308. The maximum absolute atomic E-state index is 13.3. The van der Waals surface area contributed by atoms with Crippen molar-refractivity contribution in [1.29, 1.82) is 0 Å². The molecule has 1 saturated heterocycles. The number of likely N-dealkylation sites (tertiary alicyclic amines) is 1. The lowest BCUT2D eigenvalue weighted by Crippen LogP contribution is -2.44. The van der Waals surface area contributed by atoms with Crippen LogP contribution in [0.4, 0.5) is 10.1 Å².